The molecule has 0 unspecified atom stereocenters. The molecule has 6 heteroatoms. The number of ketones is 1. The Bertz CT molecular complexity index is 671. The van der Waals surface area contributed by atoms with E-state index in [1.54, 1.807) is 17.4 Å². The summed E-state index contributed by atoms with van der Waals surface area (Å²) in [7, 11) is 0. The van der Waals surface area contributed by atoms with Gasteiger partial charge in [0.05, 0.1) is 10.6 Å². The first-order chi connectivity index (χ1) is 9.72. The molecule has 0 aliphatic heterocycles. The number of rotatable bonds is 3. The molecule has 1 N–H and O–H groups in total. The van der Waals surface area contributed by atoms with Crippen LogP contribution in [0, 0.1) is 0 Å². The number of thiophene rings is 1. The van der Waals surface area contributed by atoms with Crippen molar-refractivity contribution in [2.75, 3.05) is 5.32 Å². The molecular weight excluding hydrogens is 292 g/mol. The summed E-state index contributed by atoms with van der Waals surface area (Å²) in [6.07, 6.45) is 5.48. The van der Waals surface area contributed by atoms with Crippen LogP contribution in [0.2, 0.25) is 0 Å². The average Bonchev–Trinajstić information content (AvgIpc) is 3.05. The van der Waals surface area contributed by atoms with Gasteiger partial charge in [-0.25, -0.2) is 4.98 Å². The minimum atomic E-state index is -0.227. The summed E-state index contributed by atoms with van der Waals surface area (Å²) in [6, 6.07) is 1.94. The van der Waals surface area contributed by atoms with Crippen LogP contribution >= 0.6 is 22.7 Å². The third-order valence-electron chi connectivity index (χ3n) is 2.97. The zero-order valence-electron chi connectivity index (χ0n) is 10.6. The van der Waals surface area contributed by atoms with Crippen LogP contribution in [0.4, 0.5) is 5.13 Å². The van der Waals surface area contributed by atoms with Crippen molar-refractivity contribution in [3.63, 3.8) is 0 Å². The predicted molar refractivity (Wildman–Crippen MR) is 81.4 cm³/mol. The number of anilines is 1. The van der Waals surface area contributed by atoms with Crippen LogP contribution in [0.15, 0.2) is 22.9 Å². The number of nitrogens with one attached hydrogen (secondary N) is 1. The molecular formula is C14H12N2O2S2. The molecule has 0 saturated heterocycles. The summed E-state index contributed by atoms with van der Waals surface area (Å²) < 4.78 is 0. The van der Waals surface area contributed by atoms with Crippen molar-refractivity contribution in [1.82, 2.24) is 4.98 Å². The van der Waals surface area contributed by atoms with Crippen LogP contribution in [0.3, 0.4) is 0 Å². The molecule has 0 atom stereocenters. The quantitative estimate of drug-likeness (QED) is 0.884. The van der Waals surface area contributed by atoms with Gasteiger partial charge in [0.15, 0.2) is 10.9 Å². The number of aryl methyl sites for hydroxylation is 1. The highest BCUT2D eigenvalue weighted by Crippen LogP contribution is 2.29. The molecule has 1 aliphatic rings. The van der Waals surface area contributed by atoms with Gasteiger partial charge in [0.2, 0.25) is 5.91 Å². The minimum Gasteiger partial charge on any atom is -0.298 e. The molecule has 0 radical (unpaired) electrons. The second kappa shape index (κ2) is 5.68. The Kier molecular flexibility index (Phi) is 3.75. The normalized spacial score (nSPS) is 14.5. The number of carbonyl (C=O) groups excluding carboxylic acids is 2. The van der Waals surface area contributed by atoms with Crippen LogP contribution in [-0.2, 0) is 11.2 Å². The van der Waals surface area contributed by atoms with E-state index in [1.165, 1.54) is 17.4 Å². The summed E-state index contributed by atoms with van der Waals surface area (Å²) in [6.45, 7) is 0. The van der Waals surface area contributed by atoms with Gasteiger partial charge in [-0.05, 0) is 41.3 Å². The Balaban J connectivity index is 1.69. The Labute approximate surface area is 124 Å². The number of hydrogen-bond acceptors (Lipinski definition) is 5. The number of amides is 1. The number of hydrogen-bond donors (Lipinski definition) is 1. The third kappa shape index (κ3) is 2.86. The highest BCUT2D eigenvalue weighted by molar-refractivity contribution is 7.17. The predicted octanol–water partition coefficient (Wildman–Crippen LogP) is 3.38. The Morgan fingerprint density at radius 1 is 1.40 bits per heavy atom. The molecule has 102 valence electrons. The smallest absolute Gasteiger partial charge is 0.250 e. The van der Waals surface area contributed by atoms with E-state index < -0.39 is 0 Å². The second-order valence-electron chi connectivity index (χ2n) is 4.45. The number of thiazole rings is 1. The maximum absolute atomic E-state index is 11.8. The Morgan fingerprint density at radius 3 is 3.05 bits per heavy atom. The first-order valence-electron chi connectivity index (χ1n) is 6.26. The van der Waals surface area contributed by atoms with Gasteiger partial charge >= 0.3 is 0 Å². The summed E-state index contributed by atoms with van der Waals surface area (Å²) in [5.74, 6) is -0.0900. The molecule has 20 heavy (non-hydrogen) atoms. The first-order valence-corrected chi connectivity index (χ1v) is 8.02. The van der Waals surface area contributed by atoms with Crippen LogP contribution in [-0.4, -0.2) is 16.7 Å². The van der Waals surface area contributed by atoms with E-state index in [1.807, 2.05) is 16.8 Å². The molecule has 0 bridgehead atoms. The number of fused-ring (bicyclic) bond motifs is 1. The fourth-order valence-corrected chi connectivity index (χ4v) is 3.62. The lowest BCUT2D eigenvalue weighted by atomic mass is 10.0. The summed E-state index contributed by atoms with van der Waals surface area (Å²) in [4.78, 5) is 28.5. The van der Waals surface area contributed by atoms with E-state index in [9.17, 15) is 9.59 Å². The lowest BCUT2D eigenvalue weighted by Gasteiger charge is -2.05. The van der Waals surface area contributed by atoms with Gasteiger partial charge in [0.1, 0.15) is 0 Å². The molecule has 0 aromatic carbocycles. The standard InChI is InChI=1S/C14H12N2O2S2/c17-11-3-1-2-10-13(11)20-14(15-10)16-12(18)5-4-9-6-7-19-8-9/h4-8H,1-3H2,(H,15,16,18)/b5-4+. The van der Waals surface area contributed by atoms with Gasteiger partial charge in [-0.2, -0.15) is 11.3 Å². The van der Waals surface area contributed by atoms with E-state index in [2.05, 4.69) is 10.3 Å². The molecule has 4 nitrogen and oxygen atoms in total. The van der Waals surface area contributed by atoms with Crippen LogP contribution < -0.4 is 5.32 Å². The van der Waals surface area contributed by atoms with Crippen molar-refractivity contribution in [2.45, 2.75) is 19.3 Å². The summed E-state index contributed by atoms with van der Waals surface area (Å²) in [5, 5.41) is 7.14. The molecule has 3 rings (SSSR count). The Morgan fingerprint density at radius 2 is 2.30 bits per heavy atom. The molecule has 2 aromatic rings. The average molecular weight is 304 g/mol. The summed E-state index contributed by atoms with van der Waals surface area (Å²) in [5.41, 5.74) is 1.82. The topological polar surface area (TPSA) is 59.1 Å². The maximum atomic E-state index is 11.8. The number of nitrogens with zero attached hydrogens (tertiary/aromatic N) is 1. The van der Waals surface area contributed by atoms with Crippen molar-refractivity contribution in [3.8, 4) is 0 Å². The van der Waals surface area contributed by atoms with Gasteiger partial charge in [-0.3, -0.25) is 14.9 Å². The monoisotopic (exact) mass is 304 g/mol. The van der Waals surface area contributed by atoms with Gasteiger partial charge in [0.25, 0.3) is 0 Å². The van der Waals surface area contributed by atoms with Crippen LogP contribution in [0.1, 0.15) is 33.8 Å². The van der Waals surface area contributed by atoms with Gasteiger partial charge < -0.3 is 0 Å². The minimum absolute atomic E-state index is 0.137. The van der Waals surface area contributed by atoms with E-state index in [0.29, 0.717) is 16.4 Å². The largest absolute Gasteiger partial charge is 0.298 e. The number of carbonyl (C=O) groups is 2. The molecule has 1 amide bonds. The highest BCUT2D eigenvalue weighted by atomic mass is 32.1. The molecule has 1 aliphatic carbocycles. The third-order valence-corrected chi connectivity index (χ3v) is 4.72. The van der Waals surface area contributed by atoms with E-state index in [0.717, 1.165) is 24.1 Å². The van der Waals surface area contributed by atoms with Gasteiger partial charge in [0, 0.05) is 12.5 Å². The van der Waals surface area contributed by atoms with Crippen LogP contribution in [0.25, 0.3) is 6.08 Å². The van der Waals surface area contributed by atoms with Crippen molar-refractivity contribution >= 4 is 45.6 Å². The van der Waals surface area contributed by atoms with E-state index in [4.69, 9.17) is 0 Å². The van der Waals surface area contributed by atoms with Gasteiger partial charge in [-0.1, -0.05) is 11.3 Å². The number of aromatic nitrogens is 1. The summed E-state index contributed by atoms with van der Waals surface area (Å²) >= 11 is 2.85. The number of Topliss-reactive ketones (excluding diaryl/α,β-unsaturated/α-hetero) is 1. The van der Waals surface area contributed by atoms with E-state index in [-0.39, 0.29) is 11.7 Å². The second-order valence-corrected chi connectivity index (χ2v) is 6.23. The molecule has 0 saturated carbocycles. The van der Waals surface area contributed by atoms with Crippen LogP contribution in [0.5, 0.6) is 0 Å². The van der Waals surface area contributed by atoms with E-state index >= 15 is 0 Å². The lowest BCUT2D eigenvalue weighted by Crippen LogP contribution is -2.08. The van der Waals surface area contributed by atoms with Gasteiger partial charge in [-0.15, -0.1) is 0 Å². The van der Waals surface area contributed by atoms with Crippen molar-refractivity contribution in [3.05, 3.63) is 39.0 Å². The fourth-order valence-electron chi connectivity index (χ4n) is 2.01. The molecule has 2 aromatic heterocycles. The SMILES string of the molecule is O=C(/C=C/c1ccsc1)Nc1nc2c(s1)C(=O)CCC2. The molecule has 2 heterocycles. The van der Waals surface area contributed by atoms with Crippen molar-refractivity contribution in [2.24, 2.45) is 0 Å². The Hall–Kier alpha value is -1.79. The lowest BCUT2D eigenvalue weighted by molar-refractivity contribution is -0.111. The highest BCUT2D eigenvalue weighted by Gasteiger charge is 2.22. The molecule has 0 fully saturated rings. The van der Waals surface area contributed by atoms with Crippen molar-refractivity contribution in [1.29, 1.82) is 0 Å². The zero-order chi connectivity index (χ0) is 13.9. The fraction of sp³-hybridized carbons (Fsp3) is 0.214. The maximum Gasteiger partial charge on any atom is 0.250 e. The zero-order valence-corrected chi connectivity index (χ0v) is 12.2. The van der Waals surface area contributed by atoms with Crippen molar-refractivity contribution < 1.29 is 9.59 Å². The molecule has 0 spiro atoms. The first kappa shape index (κ1) is 13.2.